The summed E-state index contributed by atoms with van der Waals surface area (Å²) >= 11 is 7.39. The summed E-state index contributed by atoms with van der Waals surface area (Å²) in [5.74, 6) is 0.342. The first-order chi connectivity index (χ1) is 12.6. The van der Waals surface area contributed by atoms with Gasteiger partial charge in [-0.05, 0) is 23.8 Å². The second-order valence-corrected chi connectivity index (χ2v) is 7.23. The Bertz CT molecular complexity index is 1050. The fourth-order valence-electron chi connectivity index (χ4n) is 3.03. The van der Waals surface area contributed by atoms with Gasteiger partial charge in [-0.15, -0.1) is 5.10 Å². The van der Waals surface area contributed by atoms with Crippen LogP contribution in [-0.2, 0) is 11.8 Å². The van der Waals surface area contributed by atoms with Crippen molar-refractivity contribution < 1.29 is 4.79 Å². The number of nitrogens with one attached hydrogen (secondary N) is 1. The normalized spacial score (nSPS) is 16.1. The van der Waals surface area contributed by atoms with Crippen molar-refractivity contribution in [2.24, 2.45) is 17.3 Å². The van der Waals surface area contributed by atoms with Crippen molar-refractivity contribution in [1.29, 1.82) is 0 Å². The minimum atomic E-state index is -0.0454. The van der Waals surface area contributed by atoms with Crippen LogP contribution in [0, 0.1) is 0 Å². The van der Waals surface area contributed by atoms with Gasteiger partial charge in [0.05, 0.1) is 17.7 Å². The first-order valence-corrected chi connectivity index (χ1v) is 9.37. The predicted molar refractivity (Wildman–Crippen MR) is 109 cm³/mol. The van der Waals surface area contributed by atoms with Gasteiger partial charge in [0.1, 0.15) is 0 Å². The van der Waals surface area contributed by atoms with E-state index in [-0.39, 0.29) is 5.91 Å². The van der Waals surface area contributed by atoms with Crippen LogP contribution < -0.4 is 5.32 Å². The predicted octanol–water partition coefficient (Wildman–Crippen LogP) is 4.05. The number of nitrogens with zero attached hydrogens (tertiary/aromatic N) is 3. The van der Waals surface area contributed by atoms with Crippen LogP contribution >= 0.6 is 23.4 Å². The third-order valence-electron chi connectivity index (χ3n) is 4.19. The van der Waals surface area contributed by atoms with Crippen molar-refractivity contribution in [1.82, 2.24) is 9.88 Å². The fourth-order valence-corrected chi connectivity index (χ4v) is 3.79. The molecule has 26 heavy (non-hydrogen) atoms. The summed E-state index contributed by atoms with van der Waals surface area (Å²) in [6.45, 7) is 0. The zero-order chi connectivity index (χ0) is 18.1. The van der Waals surface area contributed by atoms with Gasteiger partial charge in [0, 0.05) is 28.5 Å². The number of rotatable bonds is 3. The van der Waals surface area contributed by atoms with E-state index in [9.17, 15) is 4.79 Å². The average Bonchev–Trinajstić information content (AvgIpc) is 3.18. The van der Waals surface area contributed by atoms with Crippen molar-refractivity contribution in [3.05, 3.63) is 59.1 Å². The molecule has 1 saturated heterocycles. The van der Waals surface area contributed by atoms with Gasteiger partial charge in [-0.25, -0.2) is 0 Å². The van der Waals surface area contributed by atoms with E-state index in [1.165, 1.54) is 11.8 Å². The lowest BCUT2D eigenvalue weighted by Gasteiger charge is -2.06. The number of halogens is 1. The van der Waals surface area contributed by atoms with Gasteiger partial charge < -0.3 is 9.88 Å². The standard InChI is InChI=1S/C19H15ClN4OS/c1-24-16-5-3-2-4-14(16)15(10-21-23-19-22-17(25)11-26-19)18(24)12-6-8-13(20)9-7-12/h2-10H,11H2,1H3,(H,22,23,25)/b21-10+. The Hall–Kier alpha value is -2.57. The number of hydrogen-bond acceptors (Lipinski definition) is 4. The molecule has 7 heteroatoms. The fraction of sp³-hybridized carbons (Fsp3) is 0.105. The molecule has 5 nitrogen and oxygen atoms in total. The third-order valence-corrected chi connectivity index (χ3v) is 5.30. The summed E-state index contributed by atoms with van der Waals surface area (Å²) in [6.07, 6.45) is 1.74. The molecule has 130 valence electrons. The molecule has 0 saturated carbocycles. The first-order valence-electron chi connectivity index (χ1n) is 8.00. The van der Waals surface area contributed by atoms with Crippen LogP contribution in [-0.4, -0.2) is 27.6 Å². The van der Waals surface area contributed by atoms with Gasteiger partial charge >= 0.3 is 0 Å². The number of amidine groups is 1. The number of hydrogen-bond donors (Lipinski definition) is 1. The lowest BCUT2D eigenvalue weighted by Crippen LogP contribution is -2.19. The molecule has 0 radical (unpaired) electrons. The van der Waals surface area contributed by atoms with Crippen LogP contribution in [0.25, 0.3) is 22.2 Å². The van der Waals surface area contributed by atoms with Crippen LogP contribution in [0.2, 0.25) is 5.02 Å². The van der Waals surface area contributed by atoms with Crippen LogP contribution in [0.3, 0.4) is 0 Å². The van der Waals surface area contributed by atoms with Crippen LogP contribution in [0.1, 0.15) is 5.56 Å². The van der Waals surface area contributed by atoms with Crippen molar-refractivity contribution in [3.63, 3.8) is 0 Å². The zero-order valence-corrected chi connectivity index (χ0v) is 15.5. The Kier molecular flexibility index (Phi) is 4.53. The largest absolute Gasteiger partial charge is 0.343 e. The SMILES string of the molecule is Cn1c(-c2ccc(Cl)cc2)c(/C=N/N=C2/NC(=O)CS2)c2ccccc21. The molecular formula is C19H15ClN4OS. The number of carbonyl (C=O) groups is 1. The smallest absolute Gasteiger partial charge is 0.236 e. The minimum Gasteiger partial charge on any atom is -0.343 e. The van der Waals surface area contributed by atoms with Gasteiger partial charge in [-0.1, -0.05) is 53.7 Å². The van der Waals surface area contributed by atoms with Crippen molar-refractivity contribution in [3.8, 4) is 11.3 Å². The van der Waals surface area contributed by atoms with E-state index in [2.05, 4.69) is 32.2 Å². The highest BCUT2D eigenvalue weighted by Crippen LogP contribution is 2.32. The minimum absolute atomic E-state index is 0.0454. The number of carbonyl (C=O) groups excluding carboxylic acids is 1. The summed E-state index contributed by atoms with van der Waals surface area (Å²) in [6, 6.07) is 15.9. The Morgan fingerprint density at radius 2 is 1.96 bits per heavy atom. The summed E-state index contributed by atoms with van der Waals surface area (Å²) in [4.78, 5) is 11.3. The van der Waals surface area contributed by atoms with E-state index in [1.54, 1.807) is 6.21 Å². The lowest BCUT2D eigenvalue weighted by atomic mass is 10.1. The Morgan fingerprint density at radius 3 is 2.69 bits per heavy atom. The highest BCUT2D eigenvalue weighted by atomic mass is 35.5. The molecule has 4 rings (SSSR count). The third kappa shape index (κ3) is 3.13. The highest BCUT2D eigenvalue weighted by Gasteiger charge is 2.17. The van der Waals surface area contributed by atoms with Gasteiger partial charge in [0.2, 0.25) is 5.91 Å². The topological polar surface area (TPSA) is 58.8 Å². The van der Waals surface area contributed by atoms with E-state index < -0.39 is 0 Å². The number of amides is 1. The number of thioether (sulfide) groups is 1. The Labute approximate surface area is 159 Å². The molecule has 1 amide bonds. The van der Waals surface area contributed by atoms with Gasteiger partial charge in [0.25, 0.3) is 0 Å². The molecule has 2 heterocycles. The van der Waals surface area contributed by atoms with Gasteiger partial charge in [-0.3, -0.25) is 4.79 Å². The molecule has 0 aliphatic carbocycles. The number of para-hydroxylation sites is 1. The molecule has 1 aliphatic rings. The second kappa shape index (κ2) is 6.97. The Balaban J connectivity index is 1.83. The molecule has 1 aromatic heterocycles. The monoisotopic (exact) mass is 382 g/mol. The van der Waals surface area contributed by atoms with Crippen molar-refractivity contribution in [2.75, 3.05) is 5.75 Å². The number of aryl methyl sites for hydroxylation is 1. The van der Waals surface area contributed by atoms with E-state index in [4.69, 9.17) is 11.6 Å². The quantitative estimate of drug-likeness (QED) is 0.548. The average molecular weight is 383 g/mol. The molecule has 0 atom stereocenters. The van der Waals surface area contributed by atoms with Crippen LogP contribution in [0.15, 0.2) is 58.7 Å². The molecule has 0 spiro atoms. The molecule has 2 aromatic carbocycles. The molecule has 1 fully saturated rings. The summed E-state index contributed by atoms with van der Waals surface area (Å²) in [5.41, 5.74) is 4.17. The van der Waals surface area contributed by atoms with E-state index in [0.29, 0.717) is 15.9 Å². The first kappa shape index (κ1) is 16.9. The maximum Gasteiger partial charge on any atom is 0.236 e. The van der Waals surface area contributed by atoms with E-state index >= 15 is 0 Å². The second-order valence-electron chi connectivity index (χ2n) is 5.83. The number of benzene rings is 2. The molecule has 1 N–H and O–H groups in total. The van der Waals surface area contributed by atoms with Crippen molar-refractivity contribution in [2.45, 2.75) is 0 Å². The number of aromatic nitrogens is 1. The van der Waals surface area contributed by atoms with E-state index in [1.807, 2.05) is 43.4 Å². The molecule has 0 bridgehead atoms. The summed E-state index contributed by atoms with van der Waals surface area (Å²) < 4.78 is 2.14. The lowest BCUT2D eigenvalue weighted by molar-refractivity contribution is -0.116. The van der Waals surface area contributed by atoms with Crippen LogP contribution in [0.5, 0.6) is 0 Å². The highest BCUT2D eigenvalue weighted by molar-refractivity contribution is 8.15. The van der Waals surface area contributed by atoms with Gasteiger partial charge in [-0.2, -0.15) is 5.10 Å². The molecular weight excluding hydrogens is 368 g/mol. The summed E-state index contributed by atoms with van der Waals surface area (Å²) in [5, 5.41) is 13.3. The van der Waals surface area contributed by atoms with Crippen molar-refractivity contribution >= 4 is 51.6 Å². The molecule has 3 aromatic rings. The van der Waals surface area contributed by atoms with Gasteiger partial charge in [0.15, 0.2) is 5.17 Å². The maximum absolute atomic E-state index is 11.3. The zero-order valence-electron chi connectivity index (χ0n) is 13.9. The molecule has 0 unspecified atom stereocenters. The summed E-state index contributed by atoms with van der Waals surface area (Å²) in [7, 11) is 2.03. The van der Waals surface area contributed by atoms with E-state index in [0.717, 1.165) is 27.7 Å². The molecule has 1 aliphatic heterocycles. The maximum atomic E-state index is 11.3. The number of fused-ring (bicyclic) bond motifs is 1. The van der Waals surface area contributed by atoms with Crippen LogP contribution in [0.4, 0.5) is 0 Å². The Morgan fingerprint density at radius 1 is 1.19 bits per heavy atom.